The number of halogens is 2. The Morgan fingerprint density at radius 2 is 1.77 bits per heavy atom. The highest BCUT2D eigenvalue weighted by molar-refractivity contribution is 7.89. The zero-order chi connectivity index (χ0) is 22.4. The van der Waals surface area contributed by atoms with Crippen LogP contribution in [0.4, 0.5) is 10.1 Å². The van der Waals surface area contributed by atoms with Gasteiger partial charge in [-0.2, -0.15) is 4.31 Å². The summed E-state index contributed by atoms with van der Waals surface area (Å²) in [6, 6.07) is 11.2. The van der Waals surface area contributed by atoms with Gasteiger partial charge in [-0.05, 0) is 55.7 Å². The van der Waals surface area contributed by atoms with Gasteiger partial charge in [0.2, 0.25) is 10.0 Å². The number of rotatable bonds is 6. The van der Waals surface area contributed by atoms with E-state index in [1.54, 1.807) is 0 Å². The summed E-state index contributed by atoms with van der Waals surface area (Å²) in [5.74, 6) is -2.54. The summed E-state index contributed by atoms with van der Waals surface area (Å²) in [6.07, 6.45) is 2.63. The summed E-state index contributed by atoms with van der Waals surface area (Å²) in [7, 11) is -3.70. The first-order valence-corrected chi connectivity index (χ1v) is 11.7. The number of benzene rings is 2. The minimum Gasteiger partial charge on any atom is -0.348 e. The molecule has 2 amide bonds. The number of hydrogen-bond acceptors (Lipinski definition) is 4. The van der Waals surface area contributed by atoms with Crippen LogP contribution in [0.15, 0.2) is 53.4 Å². The van der Waals surface area contributed by atoms with E-state index in [0.29, 0.717) is 24.4 Å². The summed E-state index contributed by atoms with van der Waals surface area (Å²) in [4.78, 5) is 24.2. The number of carbonyl (C=O) groups excluding carboxylic acids is 2. The zero-order valence-corrected chi connectivity index (χ0v) is 18.3. The Morgan fingerprint density at radius 3 is 2.48 bits per heavy atom. The molecule has 1 unspecified atom stereocenters. The Morgan fingerprint density at radius 1 is 1.06 bits per heavy atom. The topological polar surface area (TPSA) is 95.6 Å². The van der Waals surface area contributed by atoms with Crippen molar-refractivity contribution in [1.82, 2.24) is 9.62 Å². The number of amides is 2. The minimum atomic E-state index is -3.70. The SMILES string of the molecule is O=C(NCCC1CCCCN1S(=O)(=O)c1ccc(Cl)cc1)C(=O)Nc1ccccc1F. The van der Waals surface area contributed by atoms with Crippen molar-refractivity contribution in [3.05, 3.63) is 59.4 Å². The second-order valence-electron chi connectivity index (χ2n) is 7.20. The van der Waals surface area contributed by atoms with E-state index in [-0.39, 0.29) is 23.2 Å². The molecule has 1 aliphatic heterocycles. The molecule has 1 fully saturated rings. The lowest BCUT2D eigenvalue weighted by Crippen LogP contribution is -2.45. The van der Waals surface area contributed by atoms with Crippen LogP contribution in [0.2, 0.25) is 5.02 Å². The fourth-order valence-corrected chi connectivity index (χ4v) is 5.34. The van der Waals surface area contributed by atoms with Gasteiger partial charge in [-0.3, -0.25) is 9.59 Å². The Kier molecular flexibility index (Phi) is 7.64. The van der Waals surface area contributed by atoms with Crippen LogP contribution in [0, 0.1) is 5.82 Å². The first kappa shape index (κ1) is 23.2. The van der Waals surface area contributed by atoms with E-state index >= 15 is 0 Å². The second kappa shape index (κ2) is 10.2. The summed E-state index contributed by atoms with van der Waals surface area (Å²) < 4.78 is 41.1. The van der Waals surface area contributed by atoms with Crippen molar-refractivity contribution in [1.29, 1.82) is 0 Å². The number of hydrogen-bond donors (Lipinski definition) is 2. The van der Waals surface area contributed by atoms with E-state index in [1.807, 2.05) is 0 Å². The van der Waals surface area contributed by atoms with E-state index in [4.69, 9.17) is 11.6 Å². The lowest BCUT2D eigenvalue weighted by Gasteiger charge is -2.34. The molecule has 166 valence electrons. The average Bonchev–Trinajstić information content (AvgIpc) is 2.76. The molecule has 2 aromatic carbocycles. The summed E-state index contributed by atoms with van der Waals surface area (Å²) >= 11 is 5.86. The van der Waals surface area contributed by atoms with Crippen LogP contribution in [0.1, 0.15) is 25.7 Å². The maximum Gasteiger partial charge on any atom is 0.313 e. The van der Waals surface area contributed by atoms with Gasteiger partial charge in [0.25, 0.3) is 0 Å². The molecule has 10 heteroatoms. The van der Waals surface area contributed by atoms with Gasteiger partial charge in [0.15, 0.2) is 0 Å². The molecule has 31 heavy (non-hydrogen) atoms. The van der Waals surface area contributed by atoms with Crippen LogP contribution in [-0.4, -0.2) is 43.7 Å². The molecule has 1 atom stereocenters. The van der Waals surface area contributed by atoms with Gasteiger partial charge in [0, 0.05) is 24.2 Å². The first-order valence-electron chi connectivity index (χ1n) is 9.90. The van der Waals surface area contributed by atoms with Crippen LogP contribution in [0.3, 0.4) is 0 Å². The number of carbonyl (C=O) groups is 2. The lowest BCUT2D eigenvalue weighted by atomic mass is 10.0. The van der Waals surface area contributed by atoms with Gasteiger partial charge in [-0.15, -0.1) is 0 Å². The smallest absolute Gasteiger partial charge is 0.313 e. The average molecular weight is 468 g/mol. The maximum absolute atomic E-state index is 13.6. The minimum absolute atomic E-state index is 0.0878. The van der Waals surface area contributed by atoms with Crippen molar-refractivity contribution in [2.75, 3.05) is 18.4 Å². The second-order valence-corrected chi connectivity index (χ2v) is 9.52. The van der Waals surface area contributed by atoms with Gasteiger partial charge in [-0.25, -0.2) is 12.8 Å². The van der Waals surface area contributed by atoms with Gasteiger partial charge < -0.3 is 10.6 Å². The summed E-state index contributed by atoms with van der Waals surface area (Å²) in [5.41, 5.74) is -0.0878. The molecule has 0 saturated carbocycles. The highest BCUT2D eigenvalue weighted by Crippen LogP contribution is 2.27. The van der Waals surface area contributed by atoms with E-state index in [1.165, 1.54) is 52.8 Å². The first-order chi connectivity index (χ1) is 14.8. The monoisotopic (exact) mass is 467 g/mol. The van der Waals surface area contributed by atoms with Gasteiger partial charge in [0.1, 0.15) is 5.82 Å². The lowest BCUT2D eigenvalue weighted by molar-refractivity contribution is -0.136. The van der Waals surface area contributed by atoms with Crippen LogP contribution >= 0.6 is 11.6 Å². The number of sulfonamides is 1. The maximum atomic E-state index is 13.6. The molecule has 1 aliphatic rings. The van der Waals surface area contributed by atoms with Crippen LogP contribution in [-0.2, 0) is 19.6 Å². The third kappa shape index (κ3) is 5.81. The van der Waals surface area contributed by atoms with Crippen molar-refractivity contribution in [3.8, 4) is 0 Å². The fourth-order valence-electron chi connectivity index (χ4n) is 3.50. The highest BCUT2D eigenvalue weighted by Gasteiger charge is 2.33. The largest absolute Gasteiger partial charge is 0.348 e. The van der Waals surface area contributed by atoms with E-state index in [0.717, 1.165) is 12.8 Å². The van der Waals surface area contributed by atoms with E-state index < -0.39 is 27.7 Å². The summed E-state index contributed by atoms with van der Waals surface area (Å²) in [5, 5.41) is 5.14. The number of anilines is 1. The van der Waals surface area contributed by atoms with Crippen molar-refractivity contribution >= 4 is 39.1 Å². The number of nitrogens with zero attached hydrogens (tertiary/aromatic N) is 1. The molecule has 1 heterocycles. The van der Waals surface area contributed by atoms with Crippen molar-refractivity contribution in [2.24, 2.45) is 0 Å². The van der Waals surface area contributed by atoms with E-state index in [9.17, 15) is 22.4 Å². The molecule has 7 nitrogen and oxygen atoms in total. The molecular weight excluding hydrogens is 445 g/mol. The van der Waals surface area contributed by atoms with Crippen molar-refractivity contribution < 1.29 is 22.4 Å². The normalized spacial score (nSPS) is 17.2. The Bertz CT molecular complexity index is 1050. The Hall–Kier alpha value is -2.49. The highest BCUT2D eigenvalue weighted by atomic mass is 35.5. The third-order valence-electron chi connectivity index (χ3n) is 5.08. The fraction of sp³-hybridized carbons (Fsp3) is 0.333. The molecule has 0 radical (unpaired) electrons. The number of nitrogens with one attached hydrogen (secondary N) is 2. The van der Waals surface area contributed by atoms with E-state index in [2.05, 4.69) is 10.6 Å². The zero-order valence-electron chi connectivity index (χ0n) is 16.7. The molecule has 3 rings (SSSR count). The van der Waals surface area contributed by atoms with Crippen LogP contribution in [0.5, 0.6) is 0 Å². The van der Waals surface area contributed by atoms with Gasteiger partial charge >= 0.3 is 11.8 Å². The Labute approximate surface area is 185 Å². The van der Waals surface area contributed by atoms with Crippen molar-refractivity contribution in [3.63, 3.8) is 0 Å². The molecule has 2 N–H and O–H groups in total. The molecule has 2 aromatic rings. The van der Waals surface area contributed by atoms with Crippen LogP contribution < -0.4 is 10.6 Å². The van der Waals surface area contributed by atoms with Gasteiger partial charge in [-0.1, -0.05) is 30.2 Å². The number of para-hydroxylation sites is 1. The molecule has 0 aromatic heterocycles. The predicted octanol–water partition coefficient (Wildman–Crippen LogP) is 3.17. The predicted molar refractivity (Wildman–Crippen MR) is 116 cm³/mol. The molecule has 0 spiro atoms. The molecule has 1 saturated heterocycles. The third-order valence-corrected chi connectivity index (χ3v) is 7.30. The number of piperidine rings is 1. The molecular formula is C21H23ClFN3O4S. The van der Waals surface area contributed by atoms with Crippen LogP contribution in [0.25, 0.3) is 0 Å². The standard InChI is InChI=1S/C21H23ClFN3O4S/c22-15-8-10-17(11-9-15)31(29,30)26-14-4-3-5-16(26)12-13-24-20(27)21(28)25-19-7-2-1-6-18(19)23/h1-2,6-11,16H,3-5,12-14H2,(H,24,27)(H,25,28). The van der Waals surface area contributed by atoms with Gasteiger partial charge in [0.05, 0.1) is 10.6 Å². The Balaban J connectivity index is 1.58. The molecule has 0 bridgehead atoms. The van der Waals surface area contributed by atoms with Crippen molar-refractivity contribution in [2.45, 2.75) is 36.6 Å². The molecule has 0 aliphatic carbocycles. The quantitative estimate of drug-likeness (QED) is 0.638. The summed E-state index contributed by atoms with van der Waals surface area (Å²) in [6.45, 7) is 0.498.